The Morgan fingerprint density at radius 1 is 1.28 bits per heavy atom. The van der Waals surface area contributed by atoms with Crippen LogP contribution in [0, 0.1) is 0 Å². The summed E-state index contributed by atoms with van der Waals surface area (Å²) in [7, 11) is 1.71. The number of alkyl halides is 1. The fourth-order valence-electron chi connectivity index (χ4n) is 2.89. The first-order chi connectivity index (χ1) is 12.1. The molecule has 1 aliphatic heterocycles. The highest BCUT2D eigenvalue weighted by Crippen LogP contribution is 2.20. The molecule has 3 heterocycles. The van der Waals surface area contributed by atoms with E-state index in [2.05, 4.69) is 36.0 Å². The lowest BCUT2D eigenvalue weighted by Gasteiger charge is -2.35. The molecule has 0 amide bonds. The lowest BCUT2D eigenvalue weighted by atomic mass is 10.2. The Labute approximate surface area is 154 Å². The number of hydrogen-bond donors (Lipinski definition) is 1. The Bertz CT molecular complexity index is 772. The van der Waals surface area contributed by atoms with Gasteiger partial charge in [-0.15, -0.1) is 0 Å². The number of piperazine rings is 1. The van der Waals surface area contributed by atoms with Crippen molar-refractivity contribution in [2.24, 2.45) is 7.05 Å². The highest BCUT2D eigenvalue weighted by atomic mass is 79.9. The minimum absolute atomic E-state index is 0.113. The Hall–Kier alpha value is -1.93. The molecule has 0 saturated carbocycles. The van der Waals surface area contributed by atoms with Gasteiger partial charge in [0.2, 0.25) is 0 Å². The van der Waals surface area contributed by atoms with Crippen molar-refractivity contribution < 1.29 is 4.39 Å². The summed E-state index contributed by atoms with van der Waals surface area (Å²) in [6, 6.07) is 5.59. The van der Waals surface area contributed by atoms with Gasteiger partial charge in [-0.1, -0.05) is 0 Å². The van der Waals surface area contributed by atoms with Gasteiger partial charge >= 0.3 is 0 Å². The minimum atomic E-state index is -0.295. The molecule has 0 unspecified atom stereocenters. The summed E-state index contributed by atoms with van der Waals surface area (Å²) in [6.45, 7) is 3.66. The van der Waals surface area contributed by atoms with Crippen LogP contribution in [0.1, 0.15) is 0 Å². The third kappa shape index (κ3) is 4.38. The maximum Gasteiger partial charge on any atom is 0.274 e. The van der Waals surface area contributed by atoms with Crippen molar-refractivity contribution in [3.8, 4) is 0 Å². The maximum atomic E-state index is 12.4. The van der Waals surface area contributed by atoms with Crippen LogP contribution < -0.4 is 15.8 Å². The standard InChI is InChI=1S/C17H21BrFN5O/c1-22-12-13(18)10-15(17(22)25)21-16-3-2-14(11-20-16)24-8-6-23(5-4-19)7-9-24/h2-3,10-12H,4-9H2,1H3,(H,20,21). The van der Waals surface area contributed by atoms with E-state index in [0.717, 1.165) is 36.3 Å². The molecule has 134 valence electrons. The molecule has 1 fully saturated rings. The molecule has 6 nitrogen and oxygen atoms in total. The van der Waals surface area contributed by atoms with Crippen LogP contribution in [-0.4, -0.2) is 53.8 Å². The highest BCUT2D eigenvalue weighted by Gasteiger charge is 2.17. The van der Waals surface area contributed by atoms with Crippen LogP contribution in [0.4, 0.5) is 21.6 Å². The van der Waals surface area contributed by atoms with Gasteiger partial charge in [-0.3, -0.25) is 9.69 Å². The average Bonchev–Trinajstić information content (AvgIpc) is 2.61. The normalized spacial score (nSPS) is 15.4. The summed E-state index contributed by atoms with van der Waals surface area (Å²) in [5.41, 5.74) is 1.39. The first kappa shape index (κ1) is 17.9. The lowest BCUT2D eigenvalue weighted by molar-refractivity contribution is 0.235. The van der Waals surface area contributed by atoms with Crippen molar-refractivity contribution in [3.63, 3.8) is 0 Å². The van der Waals surface area contributed by atoms with Crippen LogP contribution in [0.5, 0.6) is 0 Å². The van der Waals surface area contributed by atoms with Gasteiger partial charge in [-0.2, -0.15) is 0 Å². The molecular formula is C17H21BrFN5O. The zero-order chi connectivity index (χ0) is 17.8. The molecule has 8 heteroatoms. The highest BCUT2D eigenvalue weighted by molar-refractivity contribution is 9.10. The summed E-state index contributed by atoms with van der Waals surface area (Å²) >= 11 is 3.39. The Kier molecular flexibility index (Phi) is 5.70. The molecule has 0 bridgehead atoms. The summed E-state index contributed by atoms with van der Waals surface area (Å²) in [5, 5.41) is 3.06. The second-order valence-corrected chi connectivity index (χ2v) is 6.95. The quantitative estimate of drug-likeness (QED) is 0.821. The fourth-order valence-corrected chi connectivity index (χ4v) is 3.43. The molecule has 1 aliphatic rings. The van der Waals surface area contributed by atoms with Gasteiger partial charge < -0.3 is 14.8 Å². The van der Waals surface area contributed by atoms with E-state index in [4.69, 9.17) is 0 Å². The van der Waals surface area contributed by atoms with E-state index in [1.54, 1.807) is 25.5 Å². The second kappa shape index (κ2) is 7.97. The number of rotatable bonds is 5. The first-order valence-corrected chi connectivity index (χ1v) is 8.98. The molecule has 1 saturated heterocycles. The van der Waals surface area contributed by atoms with Gasteiger partial charge in [0.05, 0.1) is 11.9 Å². The molecule has 25 heavy (non-hydrogen) atoms. The molecule has 0 spiro atoms. The van der Waals surface area contributed by atoms with Crippen LogP contribution >= 0.6 is 15.9 Å². The first-order valence-electron chi connectivity index (χ1n) is 8.19. The molecule has 2 aromatic rings. The molecule has 1 N–H and O–H groups in total. The molecule has 0 aromatic carbocycles. The smallest absolute Gasteiger partial charge is 0.274 e. The van der Waals surface area contributed by atoms with E-state index < -0.39 is 0 Å². The van der Waals surface area contributed by atoms with Gasteiger partial charge in [0.1, 0.15) is 18.2 Å². The summed E-state index contributed by atoms with van der Waals surface area (Å²) < 4.78 is 14.7. The van der Waals surface area contributed by atoms with Gasteiger partial charge in [-0.25, -0.2) is 9.37 Å². The van der Waals surface area contributed by atoms with E-state index in [0.29, 0.717) is 18.1 Å². The van der Waals surface area contributed by atoms with Gasteiger partial charge in [0, 0.05) is 50.4 Å². The predicted octanol–water partition coefficient (Wildman–Crippen LogP) is 2.38. The predicted molar refractivity (Wildman–Crippen MR) is 102 cm³/mol. The zero-order valence-corrected chi connectivity index (χ0v) is 15.7. The Balaban J connectivity index is 1.66. The van der Waals surface area contributed by atoms with E-state index in [-0.39, 0.29) is 12.2 Å². The number of aryl methyl sites for hydroxylation is 1. The van der Waals surface area contributed by atoms with Gasteiger partial charge in [0.25, 0.3) is 5.56 Å². The van der Waals surface area contributed by atoms with Gasteiger partial charge in [-0.05, 0) is 34.1 Å². The number of nitrogens with zero attached hydrogens (tertiary/aromatic N) is 4. The monoisotopic (exact) mass is 409 g/mol. The second-order valence-electron chi connectivity index (χ2n) is 6.03. The fraction of sp³-hybridized carbons (Fsp3) is 0.412. The molecule has 0 aliphatic carbocycles. The number of anilines is 3. The average molecular weight is 410 g/mol. The Morgan fingerprint density at radius 3 is 2.68 bits per heavy atom. The lowest BCUT2D eigenvalue weighted by Crippen LogP contribution is -2.47. The zero-order valence-electron chi connectivity index (χ0n) is 14.1. The van der Waals surface area contributed by atoms with Crippen molar-refractivity contribution in [2.75, 3.05) is 49.6 Å². The van der Waals surface area contributed by atoms with E-state index in [1.165, 1.54) is 4.57 Å². The van der Waals surface area contributed by atoms with Crippen LogP contribution in [-0.2, 0) is 7.05 Å². The molecular weight excluding hydrogens is 389 g/mol. The number of halogens is 2. The van der Waals surface area contributed by atoms with E-state index in [9.17, 15) is 9.18 Å². The largest absolute Gasteiger partial charge is 0.368 e. The number of nitrogens with one attached hydrogen (secondary N) is 1. The third-order valence-electron chi connectivity index (χ3n) is 4.30. The van der Waals surface area contributed by atoms with Crippen LogP contribution in [0.3, 0.4) is 0 Å². The van der Waals surface area contributed by atoms with Crippen LogP contribution in [0.2, 0.25) is 0 Å². The molecule has 0 radical (unpaired) electrons. The van der Waals surface area contributed by atoms with Gasteiger partial charge in [0.15, 0.2) is 0 Å². The van der Waals surface area contributed by atoms with E-state index >= 15 is 0 Å². The minimum Gasteiger partial charge on any atom is -0.368 e. The number of hydrogen-bond acceptors (Lipinski definition) is 5. The number of aromatic nitrogens is 2. The van der Waals surface area contributed by atoms with Crippen molar-refractivity contribution in [3.05, 3.63) is 45.4 Å². The summed E-state index contributed by atoms with van der Waals surface area (Å²) in [4.78, 5) is 20.9. The molecule has 2 aromatic heterocycles. The summed E-state index contributed by atoms with van der Waals surface area (Å²) in [5.74, 6) is 0.620. The number of pyridine rings is 2. The third-order valence-corrected chi connectivity index (χ3v) is 4.73. The topological polar surface area (TPSA) is 53.4 Å². The summed E-state index contributed by atoms with van der Waals surface area (Å²) in [6.07, 6.45) is 3.52. The Morgan fingerprint density at radius 2 is 2.04 bits per heavy atom. The maximum absolute atomic E-state index is 12.4. The van der Waals surface area contributed by atoms with Crippen molar-refractivity contribution in [1.82, 2.24) is 14.5 Å². The van der Waals surface area contributed by atoms with Crippen LogP contribution in [0.15, 0.2) is 39.9 Å². The van der Waals surface area contributed by atoms with Crippen molar-refractivity contribution >= 4 is 33.1 Å². The molecule has 0 atom stereocenters. The SMILES string of the molecule is Cn1cc(Br)cc(Nc2ccc(N3CCN(CCF)CC3)cn2)c1=O. The van der Waals surface area contributed by atoms with Crippen molar-refractivity contribution in [2.45, 2.75) is 0 Å². The van der Waals surface area contributed by atoms with Crippen molar-refractivity contribution in [1.29, 1.82) is 0 Å². The molecule has 3 rings (SSSR count). The van der Waals surface area contributed by atoms with Crippen LogP contribution in [0.25, 0.3) is 0 Å². The van der Waals surface area contributed by atoms with E-state index in [1.807, 2.05) is 12.1 Å².